The molecule has 3 N–H and O–H groups in total. The van der Waals surface area contributed by atoms with Crippen LogP contribution in [0.4, 0.5) is 8.78 Å². The number of thiazole rings is 1. The van der Waals surface area contributed by atoms with Crippen molar-refractivity contribution in [3.05, 3.63) is 87.2 Å². The van der Waals surface area contributed by atoms with Gasteiger partial charge in [0.25, 0.3) is 5.91 Å². The monoisotopic (exact) mass is 486 g/mol. The second-order valence-corrected chi connectivity index (χ2v) is 8.16. The van der Waals surface area contributed by atoms with Crippen LogP contribution < -0.4 is 21.5 Å². The SMILES string of the molecule is Cc1nc(C(=O)NCCN)sc1Oc1ccc(-n2ncn(Cc3ccccc3F)c2=O)cc1F. The number of halogens is 2. The molecule has 1 amide bonds. The number of aromatic nitrogens is 4. The van der Waals surface area contributed by atoms with E-state index in [0.29, 0.717) is 24.3 Å². The highest BCUT2D eigenvalue weighted by Crippen LogP contribution is 2.33. The predicted molar refractivity (Wildman–Crippen MR) is 122 cm³/mol. The van der Waals surface area contributed by atoms with Gasteiger partial charge in [-0.05, 0) is 25.1 Å². The van der Waals surface area contributed by atoms with Gasteiger partial charge in [0.2, 0.25) is 5.06 Å². The van der Waals surface area contributed by atoms with Gasteiger partial charge in [-0.3, -0.25) is 9.36 Å². The lowest BCUT2D eigenvalue weighted by atomic mass is 10.2. The third-order valence-corrected chi connectivity index (χ3v) is 5.81. The van der Waals surface area contributed by atoms with Crippen LogP contribution in [0.25, 0.3) is 5.69 Å². The normalized spacial score (nSPS) is 10.9. The molecule has 0 aliphatic rings. The first-order valence-electron chi connectivity index (χ1n) is 10.2. The van der Waals surface area contributed by atoms with E-state index in [1.165, 1.54) is 29.1 Å². The van der Waals surface area contributed by atoms with Crippen molar-refractivity contribution in [1.29, 1.82) is 0 Å². The number of hydrogen-bond acceptors (Lipinski definition) is 7. The number of carbonyl (C=O) groups is 1. The number of ether oxygens (including phenoxy) is 1. The molecule has 2 aromatic heterocycles. The summed E-state index contributed by atoms with van der Waals surface area (Å²) in [6.45, 7) is 2.22. The summed E-state index contributed by atoms with van der Waals surface area (Å²) in [5, 5.41) is 7.04. The summed E-state index contributed by atoms with van der Waals surface area (Å²) in [6.07, 6.45) is 1.26. The largest absolute Gasteiger partial charge is 0.442 e. The summed E-state index contributed by atoms with van der Waals surface area (Å²) >= 11 is 0.976. The summed E-state index contributed by atoms with van der Waals surface area (Å²) < 4.78 is 36.5. The van der Waals surface area contributed by atoms with E-state index in [9.17, 15) is 18.4 Å². The lowest BCUT2D eigenvalue weighted by Gasteiger charge is -2.07. The van der Waals surface area contributed by atoms with Gasteiger partial charge < -0.3 is 15.8 Å². The second-order valence-electron chi connectivity index (χ2n) is 7.20. The molecule has 0 spiro atoms. The Hall–Kier alpha value is -3.90. The van der Waals surface area contributed by atoms with Gasteiger partial charge in [-0.1, -0.05) is 29.5 Å². The number of nitrogens with one attached hydrogen (secondary N) is 1. The Balaban J connectivity index is 1.53. The molecule has 176 valence electrons. The van der Waals surface area contributed by atoms with Crippen LogP contribution in [0.1, 0.15) is 21.1 Å². The molecule has 9 nitrogen and oxygen atoms in total. The number of benzene rings is 2. The maximum absolute atomic E-state index is 14.8. The van der Waals surface area contributed by atoms with E-state index in [1.807, 2.05) is 0 Å². The van der Waals surface area contributed by atoms with E-state index >= 15 is 0 Å². The van der Waals surface area contributed by atoms with Gasteiger partial charge in [0.15, 0.2) is 16.6 Å². The minimum atomic E-state index is -0.741. The first kappa shape index (κ1) is 23.3. The Labute approximate surface area is 196 Å². The number of hydrogen-bond donors (Lipinski definition) is 2. The molecule has 0 bridgehead atoms. The fourth-order valence-electron chi connectivity index (χ4n) is 3.07. The van der Waals surface area contributed by atoms with Crippen molar-refractivity contribution >= 4 is 17.2 Å². The van der Waals surface area contributed by atoms with E-state index in [-0.39, 0.29) is 28.1 Å². The zero-order valence-corrected chi connectivity index (χ0v) is 18.8. The Kier molecular flexibility index (Phi) is 6.80. The molecule has 0 aliphatic carbocycles. The molecule has 0 atom stereocenters. The summed E-state index contributed by atoms with van der Waals surface area (Å²) in [6, 6.07) is 10.0. The van der Waals surface area contributed by atoms with Gasteiger partial charge >= 0.3 is 5.69 Å². The van der Waals surface area contributed by atoms with Crippen LogP contribution in [0.3, 0.4) is 0 Å². The Bertz CT molecular complexity index is 1400. The van der Waals surface area contributed by atoms with Gasteiger partial charge in [-0.15, -0.1) is 0 Å². The summed E-state index contributed by atoms with van der Waals surface area (Å²) in [4.78, 5) is 28.9. The van der Waals surface area contributed by atoms with Crippen molar-refractivity contribution in [1.82, 2.24) is 24.6 Å². The first-order chi connectivity index (χ1) is 16.4. The van der Waals surface area contributed by atoms with E-state index in [4.69, 9.17) is 10.5 Å². The van der Waals surface area contributed by atoms with E-state index in [2.05, 4.69) is 15.4 Å². The highest BCUT2D eigenvalue weighted by Gasteiger charge is 2.18. The quantitative estimate of drug-likeness (QED) is 0.395. The summed E-state index contributed by atoms with van der Waals surface area (Å²) in [5.74, 6) is -1.68. The molecule has 0 unspecified atom stereocenters. The van der Waals surface area contributed by atoms with Crippen molar-refractivity contribution in [2.45, 2.75) is 13.5 Å². The van der Waals surface area contributed by atoms with Gasteiger partial charge in [-0.25, -0.2) is 18.6 Å². The fourth-order valence-corrected chi connectivity index (χ4v) is 3.92. The van der Waals surface area contributed by atoms with E-state index in [1.54, 1.807) is 25.1 Å². The van der Waals surface area contributed by atoms with Gasteiger partial charge in [0.1, 0.15) is 12.1 Å². The van der Waals surface area contributed by atoms with Gasteiger partial charge in [0.05, 0.1) is 17.9 Å². The maximum atomic E-state index is 14.8. The van der Waals surface area contributed by atoms with E-state index < -0.39 is 23.2 Å². The van der Waals surface area contributed by atoms with Crippen molar-refractivity contribution < 1.29 is 18.3 Å². The molecule has 0 radical (unpaired) electrons. The molecular formula is C22H20F2N6O3S. The number of rotatable bonds is 8. The maximum Gasteiger partial charge on any atom is 0.350 e. The third kappa shape index (κ3) is 4.87. The van der Waals surface area contributed by atoms with E-state index in [0.717, 1.165) is 22.1 Å². The van der Waals surface area contributed by atoms with Crippen LogP contribution in [0.15, 0.2) is 53.6 Å². The lowest BCUT2D eigenvalue weighted by Crippen LogP contribution is -2.28. The fraction of sp³-hybridized carbons (Fsp3) is 0.182. The van der Waals surface area contributed by atoms with Crippen molar-refractivity contribution in [3.8, 4) is 16.5 Å². The smallest absolute Gasteiger partial charge is 0.350 e. The lowest BCUT2D eigenvalue weighted by molar-refractivity contribution is 0.0954. The molecule has 2 aromatic carbocycles. The summed E-state index contributed by atoms with van der Waals surface area (Å²) in [5.41, 5.74) is 5.75. The van der Waals surface area contributed by atoms with Crippen LogP contribution in [-0.4, -0.2) is 38.3 Å². The van der Waals surface area contributed by atoms with Crippen LogP contribution in [-0.2, 0) is 6.54 Å². The molecule has 34 heavy (non-hydrogen) atoms. The minimum Gasteiger partial charge on any atom is -0.442 e. The number of nitrogens with two attached hydrogens (primary N) is 1. The zero-order valence-electron chi connectivity index (χ0n) is 18.0. The Morgan fingerprint density at radius 1 is 1.21 bits per heavy atom. The molecule has 4 rings (SSSR count). The molecule has 2 heterocycles. The molecule has 12 heteroatoms. The molecule has 0 saturated heterocycles. The number of aryl methyl sites for hydroxylation is 1. The number of nitrogens with zero attached hydrogens (tertiary/aromatic N) is 4. The highest BCUT2D eigenvalue weighted by atomic mass is 32.1. The van der Waals surface area contributed by atoms with Crippen LogP contribution in [0, 0.1) is 18.6 Å². The molecule has 0 fully saturated rings. The minimum absolute atomic E-state index is 0.0129. The predicted octanol–water partition coefficient (Wildman–Crippen LogP) is 2.61. The third-order valence-electron chi connectivity index (χ3n) is 4.77. The molecule has 0 aliphatic heterocycles. The molecular weight excluding hydrogens is 466 g/mol. The Morgan fingerprint density at radius 3 is 2.74 bits per heavy atom. The number of carbonyl (C=O) groups excluding carboxylic acids is 1. The summed E-state index contributed by atoms with van der Waals surface area (Å²) in [7, 11) is 0. The topological polar surface area (TPSA) is 117 Å². The highest BCUT2D eigenvalue weighted by molar-refractivity contribution is 7.15. The van der Waals surface area contributed by atoms with Crippen molar-refractivity contribution in [2.24, 2.45) is 5.73 Å². The standard InChI is InChI=1S/C22H20F2N6O3S/c1-13-21(34-20(28-13)19(31)26-9-8-25)33-18-7-6-15(10-17(18)24)30-22(32)29(12-27-30)11-14-4-2-3-5-16(14)23/h2-7,10,12H,8-9,11,25H2,1H3,(H,26,31). The Morgan fingerprint density at radius 2 is 2.00 bits per heavy atom. The zero-order chi connectivity index (χ0) is 24.2. The average Bonchev–Trinajstić information content (AvgIpc) is 3.37. The van der Waals surface area contributed by atoms with Crippen molar-refractivity contribution in [3.63, 3.8) is 0 Å². The number of amides is 1. The van der Waals surface area contributed by atoms with Crippen LogP contribution in [0.5, 0.6) is 10.8 Å². The average molecular weight is 487 g/mol. The van der Waals surface area contributed by atoms with Gasteiger partial charge in [-0.2, -0.15) is 9.78 Å². The molecule has 0 saturated carbocycles. The molecule has 4 aromatic rings. The van der Waals surface area contributed by atoms with Crippen LogP contribution >= 0.6 is 11.3 Å². The van der Waals surface area contributed by atoms with Crippen molar-refractivity contribution in [2.75, 3.05) is 13.1 Å². The first-order valence-corrected chi connectivity index (χ1v) is 11.0. The second kappa shape index (κ2) is 9.93. The van der Waals surface area contributed by atoms with Gasteiger partial charge in [0, 0.05) is 24.7 Å². The van der Waals surface area contributed by atoms with Crippen LogP contribution in [0.2, 0.25) is 0 Å².